The van der Waals surface area contributed by atoms with Gasteiger partial charge in [0.15, 0.2) is 0 Å². The third-order valence-corrected chi connectivity index (χ3v) is 15.8. The number of anilines is 2. The van der Waals surface area contributed by atoms with Gasteiger partial charge in [-0.1, -0.05) is 104 Å². The molecule has 1 unspecified atom stereocenters. The summed E-state index contributed by atoms with van der Waals surface area (Å²) in [5.74, 6) is 0.374. The van der Waals surface area contributed by atoms with E-state index in [4.69, 9.17) is 11.5 Å². The second-order valence-electron chi connectivity index (χ2n) is 17.7. The zero-order chi connectivity index (χ0) is 40.7. The number of hydrogen-bond donors (Lipinski definition) is 3. The molecule has 3 aromatic heterocycles. The van der Waals surface area contributed by atoms with Gasteiger partial charge in [0.1, 0.15) is 0 Å². The summed E-state index contributed by atoms with van der Waals surface area (Å²) in [6, 6.07) is 16.7. The molecule has 0 fully saturated rings. The highest BCUT2D eigenvalue weighted by atomic mass is 32.1. The van der Waals surface area contributed by atoms with Crippen molar-refractivity contribution in [2.24, 2.45) is 17.4 Å². The molecular weight excluding hydrogens is 761 g/mol. The van der Waals surface area contributed by atoms with E-state index >= 15 is 0 Å². The number of nitrogens with one attached hydrogen (secondary N) is 1. The van der Waals surface area contributed by atoms with Gasteiger partial charge in [-0.15, -0.1) is 34.0 Å². The fourth-order valence-corrected chi connectivity index (χ4v) is 11.5. The van der Waals surface area contributed by atoms with Crippen LogP contribution in [-0.4, -0.2) is 18.4 Å². The van der Waals surface area contributed by atoms with Crippen molar-refractivity contribution in [3.63, 3.8) is 0 Å². The molecule has 5 heterocycles. The van der Waals surface area contributed by atoms with E-state index in [9.17, 15) is 9.59 Å². The fraction of sp³-hybridized carbons (Fsp3) is 0.542. The van der Waals surface area contributed by atoms with Gasteiger partial charge in [0.25, 0.3) is 11.8 Å². The molecule has 0 saturated heterocycles. The highest BCUT2D eigenvalue weighted by molar-refractivity contribution is 7.23. The van der Waals surface area contributed by atoms with Crippen LogP contribution in [-0.2, 0) is 20.7 Å². The van der Waals surface area contributed by atoms with Crippen LogP contribution in [0.5, 0.6) is 0 Å². The van der Waals surface area contributed by atoms with Gasteiger partial charge in [-0.25, -0.2) is 0 Å². The average molecular weight is 827 g/mol. The third kappa shape index (κ3) is 10.6. The Morgan fingerprint density at radius 3 is 1.63 bits per heavy atom. The molecule has 0 spiro atoms. The van der Waals surface area contributed by atoms with Gasteiger partial charge in [-0.2, -0.15) is 0 Å². The summed E-state index contributed by atoms with van der Waals surface area (Å²) in [5, 5.41) is 4.95. The molecule has 57 heavy (non-hydrogen) atoms. The minimum atomic E-state index is -0.508. The van der Waals surface area contributed by atoms with E-state index in [1.54, 1.807) is 34.0 Å². The van der Waals surface area contributed by atoms with Crippen molar-refractivity contribution in [2.45, 2.75) is 155 Å². The summed E-state index contributed by atoms with van der Waals surface area (Å²) in [6.07, 6.45) is 20.3. The molecule has 5 N–H and O–H groups in total. The number of benzene rings is 1. The summed E-state index contributed by atoms with van der Waals surface area (Å²) in [5.41, 5.74) is 15.1. The first kappa shape index (κ1) is 43.5. The first-order chi connectivity index (χ1) is 27.3. The number of hydrogen-bond acceptors (Lipinski definition) is 7. The number of thiophene rings is 3. The molecule has 1 atom stereocenters. The molecule has 1 aromatic carbocycles. The van der Waals surface area contributed by atoms with Crippen LogP contribution in [0.2, 0.25) is 0 Å². The van der Waals surface area contributed by atoms with Crippen molar-refractivity contribution in [1.29, 1.82) is 0 Å². The Hall–Kier alpha value is -3.08. The SMILES string of the molecule is CCCCCCCCCCC(CCCCCCCC)CN1C(=O)C(c2ccc(C(C)(C)N)s2)=c2cc3c(cc21)=C(c1ccc(-c2ccc(C(C)(C)N)s2)s1)C(=O)N3. The van der Waals surface area contributed by atoms with Gasteiger partial charge < -0.3 is 21.7 Å². The lowest BCUT2D eigenvalue weighted by atomic mass is 9.93. The Kier molecular flexibility index (Phi) is 14.7. The zero-order valence-corrected chi connectivity index (χ0v) is 37.8. The molecule has 0 aliphatic carbocycles. The van der Waals surface area contributed by atoms with Crippen LogP contribution >= 0.6 is 34.0 Å². The molecule has 308 valence electrons. The van der Waals surface area contributed by atoms with E-state index in [-0.39, 0.29) is 11.8 Å². The topological polar surface area (TPSA) is 101 Å². The molecular formula is C48H66N4O2S3. The van der Waals surface area contributed by atoms with Crippen LogP contribution < -0.4 is 32.1 Å². The standard InChI is InChI=1S/C48H66N4O2S3/c1-7-9-11-13-15-16-18-20-22-32(21-19-17-14-12-10-8-2)31-52-36-30-33-35(29-34(36)44(46(52)54)40-26-28-42(57-40)48(5,6)50)51-45(53)43(33)39-24-23-37(55-39)38-25-27-41(56-38)47(3,4)49/h23-30,32H,7-22,31,49-50H2,1-6H3,(H,51,53). The van der Waals surface area contributed by atoms with E-state index in [0.717, 1.165) is 69.5 Å². The van der Waals surface area contributed by atoms with E-state index in [0.29, 0.717) is 18.0 Å². The minimum Gasteiger partial charge on any atom is -0.321 e. The van der Waals surface area contributed by atoms with Gasteiger partial charge in [0, 0.05) is 63.0 Å². The van der Waals surface area contributed by atoms with Crippen molar-refractivity contribution >= 4 is 68.3 Å². The van der Waals surface area contributed by atoms with Crippen molar-refractivity contribution in [2.75, 3.05) is 16.8 Å². The molecule has 0 saturated carbocycles. The van der Waals surface area contributed by atoms with Gasteiger partial charge in [-0.05, 0) is 95.0 Å². The molecule has 6 rings (SSSR count). The van der Waals surface area contributed by atoms with E-state index in [1.165, 1.54) is 89.9 Å². The molecule has 6 nitrogen and oxygen atoms in total. The number of fused-ring (bicyclic) bond motifs is 2. The predicted octanol–water partition coefficient (Wildman–Crippen LogP) is 11.5. The monoisotopic (exact) mass is 826 g/mol. The van der Waals surface area contributed by atoms with Gasteiger partial charge in [0.05, 0.1) is 16.8 Å². The second kappa shape index (κ2) is 19.3. The maximum Gasteiger partial charge on any atom is 0.260 e. The Balaban J connectivity index is 1.34. The Morgan fingerprint density at radius 1 is 0.596 bits per heavy atom. The maximum absolute atomic E-state index is 14.8. The number of rotatable bonds is 23. The minimum absolute atomic E-state index is 0.0587. The largest absolute Gasteiger partial charge is 0.321 e. The molecule has 2 aliphatic heterocycles. The van der Waals surface area contributed by atoms with Crippen LogP contribution in [0.3, 0.4) is 0 Å². The maximum atomic E-state index is 14.8. The number of unbranched alkanes of at least 4 members (excludes halogenated alkanes) is 12. The summed E-state index contributed by atoms with van der Waals surface area (Å²) in [7, 11) is 0. The molecule has 2 amide bonds. The fourth-order valence-electron chi connectivity index (χ4n) is 8.26. The van der Waals surface area contributed by atoms with Gasteiger partial charge in [0.2, 0.25) is 0 Å². The van der Waals surface area contributed by atoms with Crippen molar-refractivity contribution in [3.8, 4) is 9.75 Å². The van der Waals surface area contributed by atoms with E-state index < -0.39 is 11.1 Å². The Labute approximate surface area is 353 Å². The van der Waals surface area contributed by atoms with E-state index in [1.807, 2.05) is 27.7 Å². The quantitative estimate of drug-likeness (QED) is 0.0648. The summed E-state index contributed by atoms with van der Waals surface area (Å²) in [6.45, 7) is 13.3. The van der Waals surface area contributed by atoms with Gasteiger partial charge in [-0.3, -0.25) is 9.59 Å². The van der Waals surface area contributed by atoms with Crippen LogP contribution in [0.4, 0.5) is 11.4 Å². The van der Waals surface area contributed by atoms with Crippen molar-refractivity contribution < 1.29 is 9.59 Å². The second-order valence-corrected chi connectivity index (χ2v) is 20.9. The van der Waals surface area contributed by atoms with Crippen LogP contribution in [0, 0.1) is 5.92 Å². The molecule has 4 aromatic rings. The highest BCUT2D eigenvalue weighted by Gasteiger charge is 2.35. The Bertz CT molecular complexity index is 2130. The third-order valence-electron chi connectivity index (χ3n) is 11.6. The predicted molar refractivity (Wildman–Crippen MR) is 247 cm³/mol. The molecule has 0 radical (unpaired) electrons. The number of carbonyl (C=O) groups is 2. The smallest absolute Gasteiger partial charge is 0.260 e. The normalized spacial score (nSPS) is 14.8. The Morgan fingerprint density at radius 2 is 1.07 bits per heavy atom. The first-order valence-electron chi connectivity index (χ1n) is 21.7. The van der Waals surface area contributed by atoms with E-state index in [2.05, 4.69) is 72.6 Å². The lowest BCUT2D eigenvalue weighted by Crippen LogP contribution is -2.34. The molecule has 0 bridgehead atoms. The first-order valence-corrected chi connectivity index (χ1v) is 24.2. The number of nitrogens with two attached hydrogens (primary N) is 2. The average Bonchev–Trinajstić information content (AvgIpc) is 4.00. The number of carbonyl (C=O) groups excluding carboxylic acids is 2. The number of nitrogens with zero attached hydrogens (tertiary/aromatic N) is 1. The van der Waals surface area contributed by atoms with Crippen molar-refractivity contribution in [1.82, 2.24) is 0 Å². The number of amides is 2. The lowest BCUT2D eigenvalue weighted by molar-refractivity contribution is -0.113. The molecule has 9 heteroatoms. The zero-order valence-electron chi connectivity index (χ0n) is 35.4. The summed E-state index contributed by atoms with van der Waals surface area (Å²) < 4.78 is 0. The summed E-state index contributed by atoms with van der Waals surface area (Å²) >= 11 is 4.94. The van der Waals surface area contributed by atoms with Gasteiger partial charge >= 0.3 is 0 Å². The van der Waals surface area contributed by atoms with Crippen molar-refractivity contribution in [3.05, 3.63) is 78.5 Å². The van der Waals surface area contributed by atoms with Crippen LogP contribution in [0.15, 0.2) is 48.5 Å². The molecule has 2 aliphatic rings. The van der Waals surface area contributed by atoms with Crippen LogP contribution in [0.25, 0.3) is 20.9 Å². The lowest BCUT2D eigenvalue weighted by Gasteiger charge is -2.26. The van der Waals surface area contributed by atoms with Crippen LogP contribution in [0.1, 0.15) is 164 Å². The highest BCUT2D eigenvalue weighted by Crippen LogP contribution is 2.40. The summed E-state index contributed by atoms with van der Waals surface area (Å²) in [4.78, 5) is 37.0.